The molecule has 26 heavy (non-hydrogen) atoms. The van der Waals surface area contributed by atoms with Crippen LogP contribution in [-0.2, 0) is 14.4 Å². The van der Waals surface area contributed by atoms with Crippen LogP contribution in [0.4, 0.5) is 5.69 Å². The maximum Gasteiger partial charge on any atom is 0.247 e. The van der Waals surface area contributed by atoms with Crippen LogP contribution in [0, 0.1) is 11.8 Å². The van der Waals surface area contributed by atoms with Crippen LogP contribution in [0.2, 0.25) is 0 Å². The Morgan fingerprint density at radius 1 is 1.04 bits per heavy atom. The number of ether oxygens (including phenoxy) is 2. The van der Waals surface area contributed by atoms with Crippen molar-refractivity contribution in [1.82, 2.24) is 4.90 Å². The number of hydrogen-bond acceptors (Lipinski definition) is 5. The predicted octanol–water partition coefficient (Wildman–Crippen LogP) is 1.98. The van der Waals surface area contributed by atoms with E-state index in [1.54, 1.807) is 25.1 Å². The molecule has 0 aromatic heterocycles. The molecular weight excluding hydrogens is 336 g/mol. The highest BCUT2D eigenvalue weighted by molar-refractivity contribution is 6.10. The smallest absolute Gasteiger partial charge is 0.247 e. The molecule has 0 radical (unpaired) electrons. The van der Waals surface area contributed by atoms with E-state index in [2.05, 4.69) is 5.32 Å². The number of rotatable bonds is 5. The van der Waals surface area contributed by atoms with Crippen molar-refractivity contribution in [2.24, 2.45) is 11.8 Å². The van der Waals surface area contributed by atoms with Crippen molar-refractivity contribution < 1.29 is 23.9 Å². The van der Waals surface area contributed by atoms with Crippen LogP contribution < -0.4 is 14.8 Å². The number of carbonyl (C=O) groups is 3. The maximum absolute atomic E-state index is 12.6. The van der Waals surface area contributed by atoms with Gasteiger partial charge in [0.25, 0.3) is 0 Å². The molecule has 7 heteroatoms. The van der Waals surface area contributed by atoms with E-state index in [1.165, 1.54) is 14.2 Å². The summed E-state index contributed by atoms with van der Waals surface area (Å²) < 4.78 is 10.4. The van der Waals surface area contributed by atoms with Crippen LogP contribution in [0.3, 0.4) is 0 Å². The van der Waals surface area contributed by atoms with Crippen molar-refractivity contribution in [3.8, 4) is 11.5 Å². The number of likely N-dealkylation sites (tertiary alicyclic amines) is 1. The third kappa shape index (κ3) is 3.16. The number of nitrogens with one attached hydrogen (secondary N) is 1. The Bertz CT molecular complexity index is 725. The van der Waals surface area contributed by atoms with Gasteiger partial charge >= 0.3 is 0 Å². The van der Waals surface area contributed by atoms with E-state index in [1.807, 2.05) is 12.2 Å². The van der Waals surface area contributed by atoms with Gasteiger partial charge < -0.3 is 14.8 Å². The molecule has 1 aromatic rings. The third-order valence-electron chi connectivity index (χ3n) is 4.93. The minimum absolute atomic E-state index is 0.268. The Kier molecular flexibility index (Phi) is 4.97. The van der Waals surface area contributed by atoms with Gasteiger partial charge in [0.15, 0.2) is 0 Å². The quantitative estimate of drug-likeness (QED) is 0.643. The molecule has 1 saturated heterocycles. The standard InChI is InChI=1S/C19H22N2O5/c1-11(21-18(23)15-6-4-5-7-16(15)19(21)24)17(22)20-12-8-13(25-2)10-14(9-12)26-3/h4-5,8-11,15-16H,6-7H2,1-3H3,(H,20,22)/t11-,15+,16+/m0/s1. The van der Waals surface area contributed by atoms with Gasteiger partial charge in [-0.2, -0.15) is 0 Å². The van der Waals surface area contributed by atoms with Crippen LogP contribution in [0.5, 0.6) is 11.5 Å². The van der Waals surface area contributed by atoms with Gasteiger partial charge in [0, 0.05) is 23.9 Å². The lowest BCUT2D eigenvalue weighted by atomic mass is 9.85. The van der Waals surface area contributed by atoms with E-state index in [0.29, 0.717) is 30.0 Å². The van der Waals surface area contributed by atoms with E-state index < -0.39 is 11.9 Å². The highest BCUT2D eigenvalue weighted by atomic mass is 16.5. The first-order chi connectivity index (χ1) is 12.5. The Morgan fingerprint density at radius 3 is 2.00 bits per heavy atom. The first-order valence-corrected chi connectivity index (χ1v) is 8.52. The number of nitrogens with zero attached hydrogens (tertiary/aromatic N) is 1. The molecule has 1 aromatic carbocycles. The van der Waals surface area contributed by atoms with Gasteiger partial charge in [-0.05, 0) is 19.8 Å². The normalized spacial score (nSPS) is 22.8. The fraction of sp³-hybridized carbons (Fsp3) is 0.421. The van der Waals surface area contributed by atoms with Crippen LogP contribution in [0.15, 0.2) is 30.4 Å². The molecule has 3 atom stereocenters. The van der Waals surface area contributed by atoms with Gasteiger partial charge in [0.1, 0.15) is 17.5 Å². The third-order valence-corrected chi connectivity index (χ3v) is 4.93. The molecule has 3 rings (SSSR count). The number of fused-ring (bicyclic) bond motifs is 1. The number of allylic oxidation sites excluding steroid dienone is 2. The minimum Gasteiger partial charge on any atom is -0.497 e. The van der Waals surface area contributed by atoms with E-state index in [4.69, 9.17) is 9.47 Å². The molecule has 3 amide bonds. The largest absolute Gasteiger partial charge is 0.497 e. The second kappa shape index (κ2) is 7.19. The molecular formula is C19H22N2O5. The molecule has 1 fully saturated rings. The minimum atomic E-state index is -0.891. The number of carbonyl (C=O) groups excluding carboxylic acids is 3. The topological polar surface area (TPSA) is 84.9 Å². The summed E-state index contributed by atoms with van der Waals surface area (Å²) in [5.74, 6) is -0.617. The first kappa shape index (κ1) is 18.0. The Hall–Kier alpha value is -2.83. The SMILES string of the molecule is COc1cc(NC(=O)[C@H](C)N2C(=O)[C@@H]3CC=CC[C@H]3C2=O)cc(OC)c1. The Balaban J connectivity index is 1.76. The molecule has 1 N–H and O–H groups in total. The molecule has 1 aliphatic heterocycles. The maximum atomic E-state index is 12.6. The second-order valence-electron chi connectivity index (χ2n) is 6.47. The number of amides is 3. The molecule has 1 heterocycles. The van der Waals surface area contributed by atoms with Crippen molar-refractivity contribution in [2.45, 2.75) is 25.8 Å². The van der Waals surface area contributed by atoms with Crippen LogP contribution in [-0.4, -0.2) is 42.9 Å². The number of anilines is 1. The highest BCUT2D eigenvalue weighted by Crippen LogP contribution is 2.36. The molecule has 0 saturated carbocycles. The summed E-state index contributed by atoms with van der Waals surface area (Å²) in [6.07, 6.45) is 4.94. The molecule has 2 aliphatic rings. The fourth-order valence-corrected chi connectivity index (χ4v) is 3.45. The number of methoxy groups -OCH3 is 2. The van der Waals surface area contributed by atoms with Crippen molar-refractivity contribution >= 4 is 23.4 Å². The predicted molar refractivity (Wildman–Crippen MR) is 94.8 cm³/mol. The molecule has 0 unspecified atom stereocenters. The zero-order valence-electron chi connectivity index (χ0n) is 15.0. The molecule has 138 valence electrons. The lowest BCUT2D eigenvalue weighted by Gasteiger charge is -2.22. The van der Waals surface area contributed by atoms with Crippen LogP contribution >= 0.6 is 0 Å². The number of benzene rings is 1. The zero-order valence-corrected chi connectivity index (χ0v) is 15.0. The summed E-state index contributed by atoms with van der Waals surface area (Å²) in [6, 6.07) is 4.08. The monoisotopic (exact) mass is 358 g/mol. The van der Waals surface area contributed by atoms with E-state index >= 15 is 0 Å². The van der Waals surface area contributed by atoms with Gasteiger partial charge in [0.2, 0.25) is 17.7 Å². The molecule has 1 aliphatic carbocycles. The van der Waals surface area contributed by atoms with E-state index in [0.717, 1.165) is 4.90 Å². The van der Waals surface area contributed by atoms with Gasteiger partial charge in [-0.15, -0.1) is 0 Å². The summed E-state index contributed by atoms with van der Waals surface area (Å²) in [6.45, 7) is 1.56. The lowest BCUT2D eigenvalue weighted by Crippen LogP contribution is -2.46. The number of imide groups is 1. The Morgan fingerprint density at radius 2 is 1.54 bits per heavy atom. The van der Waals surface area contributed by atoms with E-state index in [-0.39, 0.29) is 23.7 Å². The van der Waals surface area contributed by atoms with Crippen molar-refractivity contribution in [1.29, 1.82) is 0 Å². The first-order valence-electron chi connectivity index (χ1n) is 8.52. The van der Waals surface area contributed by atoms with E-state index in [9.17, 15) is 14.4 Å². The highest BCUT2D eigenvalue weighted by Gasteiger charge is 2.50. The van der Waals surface area contributed by atoms with Crippen molar-refractivity contribution in [3.05, 3.63) is 30.4 Å². The molecule has 0 spiro atoms. The summed E-state index contributed by atoms with van der Waals surface area (Å²) >= 11 is 0. The van der Waals surface area contributed by atoms with Crippen LogP contribution in [0.25, 0.3) is 0 Å². The lowest BCUT2D eigenvalue weighted by molar-refractivity contribution is -0.146. The summed E-state index contributed by atoms with van der Waals surface area (Å²) in [5.41, 5.74) is 0.469. The number of hydrogen-bond donors (Lipinski definition) is 1. The van der Waals surface area contributed by atoms with Gasteiger partial charge in [0.05, 0.1) is 26.1 Å². The van der Waals surface area contributed by atoms with Crippen LogP contribution in [0.1, 0.15) is 19.8 Å². The molecule has 0 bridgehead atoms. The second-order valence-corrected chi connectivity index (χ2v) is 6.47. The molecule has 7 nitrogen and oxygen atoms in total. The average molecular weight is 358 g/mol. The van der Waals surface area contributed by atoms with Gasteiger partial charge in [-0.1, -0.05) is 12.2 Å². The zero-order chi connectivity index (χ0) is 18.8. The average Bonchev–Trinajstić information content (AvgIpc) is 2.91. The summed E-state index contributed by atoms with van der Waals surface area (Å²) in [5, 5.41) is 2.73. The van der Waals surface area contributed by atoms with Gasteiger partial charge in [-0.3, -0.25) is 19.3 Å². The van der Waals surface area contributed by atoms with Crippen molar-refractivity contribution in [2.75, 3.05) is 19.5 Å². The van der Waals surface area contributed by atoms with Crippen molar-refractivity contribution in [3.63, 3.8) is 0 Å². The summed E-state index contributed by atoms with van der Waals surface area (Å²) in [4.78, 5) is 38.9. The fourth-order valence-electron chi connectivity index (χ4n) is 3.45. The Labute approximate surface area is 151 Å². The summed E-state index contributed by atoms with van der Waals surface area (Å²) in [7, 11) is 3.03. The van der Waals surface area contributed by atoms with Gasteiger partial charge in [-0.25, -0.2) is 0 Å².